The number of hydrogen-bond acceptors (Lipinski definition) is 3. The maximum atomic E-state index is 12.3. The summed E-state index contributed by atoms with van der Waals surface area (Å²) >= 11 is 1.64. The summed E-state index contributed by atoms with van der Waals surface area (Å²) in [4.78, 5) is 13.4. The summed E-state index contributed by atoms with van der Waals surface area (Å²) in [6, 6.07) is 4.16. The van der Waals surface area contributed by atoms with Crippen molar-refractivity contribution in [3.8, 4) is 0 Å². The minimum Gasteiger partial charge on any atom is -0.351 e. The second-order valence-corrected chi connectivity index (χ2v) is 6.47. The first-order valence-corrected chi connectivity index (χ1v) is 8.14. The molecule has 0 saturated heterocycles. The van der Waals surface area contributed by atoms with Crippen LogP contribution < -0.4 is 11.1 Å². The van der Waals surface area contributed by atoms with E-state index >= 15 is 0 Å². The Kier molecular flexibility index (Phi) is 5.40. The molecule has 0 spiro atoms. The summed E-state index contributed by atoms with van der Waals surface area (Å²) in [7, 11) is 0. The first-order chi connectivity index (χ1) is 9.22. The Morgan fingerprint density at radius 1 is 1.47 bits per heavy atom. The van der Waals surface area contributed by atoms with Crippen molar-refractivity contribution < 1.29 is 4.79 Å². The van der Waals surface area contributed by atoms with Gasteiger partial charge in [0.25, 0.3) is 0 Å². The molecular weight excluding hydrogens is 256 g/mol. The highest BCUT2D eigenvalue weighted by Crippen LogP contribution is 2.27. The van der Waals surface area contributed by atoms with Crippen LogP contribution in [0.2, 0.25) is 0 Å². The van der Waals surface area contributed by atoms with E-state index in [0.29, 0.717) is 12.5 Å². The van der Waals surface area contributed by atoms with E-state index in [1.807, 2.05) is 24.4 Å². The summed E-state index contributed by atoms with van der Waals surface area (Å²) in [6.45, 7) is 2.52. The van der Waals surface area contributed by atoms with Gasteiger partial charge in [0, 0.05) is 17.5 Å². The van der Waals surface area contributed by atoms with Crippen molar-refractivity contribution in [2.75, 3.05) is 6.54 Å². The Hall–Kier alpha value is -0.870. The van der Waals surface area contributed by atoms with Gasteiger partial charge in [0.2, 0.25) is 5.91 Å². The van der Waals surface area contributed by atoms with Crippen molar-refractivity contribution in [2.24, 2.45) is 11.7 Å². The van der Waals surface area contributed by atoms with E-state index in [1.165, 1.54) is 32.1 Å². The number of nitrogens with two attached hydrogens (primary N) is 1. The number of hydrogen-bond donors (Lipinski definition) is 2. The summed E-state index contributed by atoms with van der Waals surface area (Å²) in [6.07, 6.45) is 6.29. The molecule has 1 aliphatic rings. The number of rotatable bonds is 5. The maximum Gasteiger partial charge on any atom is 0.228 e. The summed E-state index contributed by atoms with van der Waals surface area (Å²) in [5, 5.41) is 5.18. The van der Waals surface area contributed by atoms with Crippen LogP contribution in [-0.2, 0) is 4.79 Å². The quantitative estimate of drug-likeness (QED) is 0.871. The van der Waals surface area contributed by atoms with E-state index in [4.69, 9.17) is 5.73 Å². The highest BCUT2D eigenvalue weighted by Gasteiger charge is 2.26. The van der Waals surface area contributed by atoms with Gasteiger partial charge in [0.05, 0.1) is 5.92 Å². The molecule has 4 heteroatoms. The Bertz CT molecular complexity index is 385. The van der Waals surface area contributed by atoms with Crippen LogP contribution >= 0.6 is 11.3 Å². The standard InChI is InChI=1S/C15H24N2OS/c1-11(14-8-5-9-19-14)15(18)17-13(10-16)12-6-3-2-4-7-12/h5,8-9,11-13H,2-4,6-7,10,16H2,1H3,(H,17,18). The first kappa shape index (κ1) is 14.5. The van der Waals surface area contributed by atoms with Gasteiger partial charge in [0.1, 0.15) is 0 Å². The van der Waals surface area contributed by atoms with Crippen LogP contribution in [-0.4, -0.2) is 18.5 Å². The van der Waals surface area contributed by atoms with Gasteiger partial charge in [-0.1, -0.05) is 25.3 Å². The average Bonchev–Trinajstić information content (AvgIpc) is 2.98. The molecule has 106 valence electrons. The second-order valence-electron chi connectivity index (χ2n) is 5.49. The average molecular weight is 280 g/mol. The molecule has 1 fully saturated rings. The predicted molar refractivity (Wildman–Crippen MR) is 80.3 cm³/mol. The zero-order chi connectivity index (χ0) is 13.7. The van der Waals surface area contributed by atoms with Gasteiger partial charge in [0.15, 0.2) is 0 Å². The Morgan fingerprint density at radius 3 is 2.79 bits per heavy atom. The third-order valence-electron chi connectivity index (χ3n) is 4.16. The van der Waals surface area contributed by atoms with Gasteiger partial charge in [-0.05, 0) is 37.1 Å². The Morgan fingerprint density at radius 2 is 2.21 bits per heavy atom. The molecule has 0 radical (unpaired) electrons. The number of amides is 1. The topological polar surface area (TPSA) is 55.1 Å². The minimum absolute atomic E-state index is 0.0716. The van der Waals surface area contributed by atoms with Crippen LogP contribution in [0.25, 0.3) is 0 Å². The van der Waals surface area contributed by atoms with E-state index in [0.717, 1.165) is 4.88 Å². The van der Waals surface area contributed by atoms with Crippen molar-refractivity contribution in [3.63, 3.8) is 0 Å². The molecule has 19 heavy (non-hydrogen) atoms. The first-order valence-electron chi connectivity index (χ1n) is 7.26. The second kappa shape index (κ2) is 7.06. The van der Waals surface area contributed by atoms with Gasteiger partial charge in [-0.25, -0.2) is 0 Å². The lowest BCUT2D eigenvalue weighted by molar-refractivity contribution is -0.123. The number of thiophene rings is 1. The molecule has 2 rings (SSSR count). The van der Waals surface area contributed by atoms with Crippen LogP contribution in [0.1, 0.15) is 49.8 Å². The number of carbonyl (C=O) groups excluding carboxylic acids is 1. The molecule has 1 aromatic rings. The largest absolute Gasteiger partial charge is 0.351 e. The minimum atomic E-state index is -0.0716. The molecule has 0 bridgehead atoms. The molecule has 3 N–H and O–H groups in total. The fraction of sp³-hybridized carbons (Fsp3) is 0.667. The molecular formula is C15H24N2OS. The lowest BCUT2D eigenvalue weighted by Gasteiger charge is -2.30. The van der Waals surface area contributed by atoms with Crippen molar-refractivity contribution in [1.82, 2.24) is 5.32 Å². The van der Waals surface area contributed by atoms with Crippen LogP contribution in [0.5, 0.6) is 0 Å². The van der Waals surface area contributed by atoms with E-state index in [1.54, 1.807) is 11.3 Å². The lowest BCUT2D eigenvalue weighted by Crippen LogP contribution is -2.47. The molecule has 0 aliphatic heterocycles. The Labute approximate surface area is 119 Å². The van der Waals surface area contributed by atoms with E-state index < -0.39 is 0 Å². The highest BCUT2D eigenvalue weighted by atomic mass is 32.1. The molecule has 2 atom stereocenters. The number of nitrogens with one attached hydrogen (secondary N) is 1. The van der Waals surface area contributed by atoms with Crippen molar-refractivity contribution in [3.05, 3.63) is 22.4 Å². The SMILES string of the molecule is CC(C(=O)NC(CN)C1CCCCC1)c1cccs1. The van der Waals surface area contributed by atoms with Crippen LogP contribution in [0.4, 0.5) is 0 Å². The fourth-order valence-electron chi connectivity index (χ4n) is 2.88. The molecule has 1 aromatic heterocycles. The predicted octanol–water partition coefficient (Wildman–Crippen LogP) is 2.88. The lowest BCUT2D eigenvalue weighted by atomic mass is 9.83. The Balaban J connectivity index is 1.92. The van der Waals surface area contributed by atoms with Gasteiger partial charge < -0.3 is 11.1 Å². The van der Waals surface area contributed by atoms with Gasteiger partial charge >= 0.3 is 0 Å². The monoisotopic (exact) mass is 280 g/mol. The molecule has 1 aliphatic carbocycles. The zero-order valence-corrected chi connectivity index (χ0v) is 12.4. The van der Waals surface area contributed by atoms with E-state index in [-0.39, 0.29) is 17.9 Å². The summed E-state index contributed by atoms with van der Waals surface area (Å²) < 4.78 is 0. The van der Waals surface area contributed by atoms with Gasteiger partial charge in [-0.2, -0.15) is 0 Å². The smallest absolute Gasteiger partial charge is 0.228 e. The van der Waals surface area contributed by atoms with Crippen LogP contribution in [0.15, 0.2) is 17.5 Å². The van der Waals surface area contributed by atoms with E-state index in [9.17, 15) is 4.79 Å². The zero-order valence-electron chi connectivity index (χ0n) is 11.6. The van der Waals surface area contributed by atoms with Crippen LogP contribution in [0.3, 0.4) is 0 Å². The van der Waals surface area contributed by atoms with Crippen molar-refractivity contribution in [2.45, 2.75) is 51.0 Å². The molecule has 1 saturated carbocycles. The molecule has 1 heterocycles. The molecule has 0 aromatic carbocycles. The summed E-state index contributed by atoms with van der Waals surface area (Å²) in [5.41, 5.74) is 5.86. The third kappa shape index (κ3) is 3.80. The molecule has 3 nitrogen and oxygen atoms in total. The fourth-order valence-corrected chi connectivity index (χ4v) is 3.66. The maximum absolute atomic E-state index is 12.3. The van der Waals surface area contributed by atoms with Crippen LogP contribution in [0, 0.1) is 5.92 Å². The van der Waals surface area contributed by atoms with Gasteiger partial charge in [-0.15, -0.1) is 11.3 Å². The molecule has 1 amide bonds. The highest BCUT2D eigenvalue weighted by molar-refractivity contribution is 7.10. The van der Waals surface area contributed by atoms with Crippen molar-refractivity contribution >= 4 is 17.2 Å². The van der Waals surface area contributed by atoms with E-state index in [2.05, 4.69) is 5.32 Å². The molecule has 2 unspecified atom stereocenters. The number of carbonyl (C=O) groups is 1. The normalized spacial score (nSPS) is 19.9. The third-order valence-corrected chi connectivity index (χ3v) is 5.22. The summed E-state index contributed by atoms with van der Waals surface area (Å²) in [5.74, 6) is 0.611. The van der Waals surface area contributed by atoms with Gasteiger partial charge in [-0.3, -0.25) is 4.79 Å². The van der Waals surface area contributed by atoms with Crippen molar-refractivity contribution in [1.29, 1.82) is 0 Å².